The second kappa shape index (κ2) is 5.90. The average Bonchev–Trinajstić information content (AvgIpc) is 2.59. The molecule has 0 bridgehead atoms. The molecule has 0 fully saturated rings. The Hall–Kier alpha value is -2.45. The van der Waals surface area contributed by atoms with E-state index in [0.29, 0.717) is 0 Å². The summed E-state index contributed by atoms with van der Waals surface area (Å²) in [5, 5.41) is 3.74. The highest BCUT2D eigenvalue weighted by Gasteiger charge is 2.37. The smallest absolute Gasteiger partial charge is 0.194 e. The molecule has 0 aliphatic heterocycles. The third-order valence-electron chi connectivity index (χ3n) is 3.83. The largest absolute Gasteiger partial charge is 0.265 e. The Bertz CT molecular complexity index is 612. The van der Waals surface area contributed by atoms with Gasteiger partial charge in [0.2, 0.25) is 0 Å². The maximum atomic E-state index is 4.67. The summed E-state index contributed by atoms with van der Waals surface area (Å²) in [5.41, 5.74) is 2.12. The fraction of sp³-hybridized carbons (Fsp3) is 0. The molecule has 0 saturated carbocycles. The van der Waals surface area contributed by atoms with E-state index >= 15 is 0 Å². The molecule has 0 saturated heterocycles. The molecule has 0 radical (unpaired) electrons. The molecule has 0 aliphatic rings. The first-order valence-corrected chi connectivity index (χ1v) is 9.12. The predicted octanol–water partition coefficient (Wildman–Crippen LogP) is 2.28. The highest BCUT2D eigenvalue weighted by atomic mass is 28.3. The Balaban J connectivity index is 2.31. The molecule has 0 N–H and O–H groups in total. The maximum absolute atomic E-state index is 4.67. The molecule has 0 spiro atoms. The Morgan fingerprint density at radius 2 is 1.24 bits per heavy atom. The van der Waals surface area contributed by atoms with E-state index in [4.69, 9.17) is 0 Å². The zero-order chi connectivity index (χ0) is 14.5. The van der Waals surface area contributed by atoms with Gasteiger partial charge in [0.05, 0.1) is 0 Å². The number of nitrogens with zero attached hydrogens (tertiary/aromatic N) is 1. The van der Waals surface area contributed by atoms with Crippen LogP contribution in [-0.2, 0) is 0 Å². The van der Waals surface area contributed by atoms with Crippen LogP contribution in [-0.4, -0.2) is 13.1 Å². The van der Waals surface area contributed by atoms with E-state index in [-0.39, 0.29) is 0 Å². The first-order valence-electron chi connectivity index (χ1n) is 7.04. The first kappa shape index (κ1) is 13.5. The van der Waals surface area contributed by atoms with Crippen molar-refractivity contribution in [3.05, 3.63) is 97.3 Å². The molecular weight excluding hydrogens is 270 g/mol. The van der Waals surface area contributed by atoms with Gasteiger partial charge in [-0.25, -0.2) is 0 Å². The van der Waals surface area contributed by atoms with Crippen molar-refractivity contribution in [3.63, 3.8) is 0 Å². The highest BCUT2D eigenvalue weighted by Crippen LogP contribution is 2.07. The summed E-state index contributed by atoms with van der Waals surface area (Å²) in [4.78, 5) is 4.67. The van der Waals surface area contributed by atoms with Crippen molar-refractivity contribution in [2.24, 2.45) is 0 Å². The lowest BCUT2D eigenvalue weighted by Crippen LogP contribution is -2.66. The fourth-order valence-corrected chi connectivity index (χ4v) is 6.48. The van der Waals surface area contributed by atoms with E-state index in [9.17, 15) is 0 Å². The van der Waals surface area contributed by atoms with Crippen LogP contribution in [0.15, 0.2) is 97.3 Å². The third-order valence-corrected chi connectivity index (χ3v) is 8.04. The van der Waals surface area contributed by atoms with E-state index in [0.717, 1.165) is 5.32 Å². The van der Waals surface area contributed by atoms with Crippen LogP contribution in [0.5, 0.6) is 0 Å². The van der Waals surface area contributed by atoms with E-state index in [2.05, 4.69) is 90.1 Å². The standard InChI is InChI=1S/C19H17NSi/c1-2-21(17-11-5-3-6-12-17,18-13-7-4-8-14-18)19-15-9-10-16-20-19/h2-16H,1H2. The van der Waals surface area contributed by atoms with Gasteiger partial charge >= 0.3 is 0 Å². The minimum absolute atomic E-state index is 1.12. The summed E-state index contributed by atoms with van der Waals surface area (Å²) < 4.78 is 0. The summed E-state index contributed by atoms with van der Waals surface area (Å²) in [5.74, 6) is 0. The number of benzene rings is 2. The molecule has 21 heavy (non-hydrogen) atoms. The second-order valence-corrected chi connectivity index (χ2v) is 8.65. The first-order chi connectivity index (χ1) is 10.4. The fourth-order valence-electron chi connectivity index (χ4n) is 2.80. The van der Waals surface area contributed by atoms with Crippen molar-refractivity contribution < 1.29 is 0 Å². The molecule has 102 valence electrons. The monoisotopic (exact) mass is 287 g/mol. The molecule has 0 unspecified atom stereocenters. The second-order valence-electron chi connectivity index (χ2n) is 4.96. The lowest BCUT2D eigenvalue weighted by atomic mass is 10.4. The van der Waals surface area contributed by atoms with Crippen LogP contribution in [0.1, 0.15) is 0 Å². The summed E-state index contributed by atoms with van der Waals surface area (Å²) in [7, 11) is -2.25. The van der Waals surface area contributed by atoms with E-state index < -0.39 is 8.07 Å². The summed E-state index contributed by atoms with van der Waals surface area (Å²) >= 11 is 0. The van der Waals surface area contributed by atoms with Crippen molar-refractivity contribution in [2.45, 2.75) is 0 Å². The number of hydrogen-bond donors (Lipinski definition) is 0. The van der Waals surface area contributed by atoms with Crippen LogP contribution in [0.25, 0.3) is 0 Å². The number of hydrogen-bond acceptors (Lipinski definition) is 1. The van der Waals surface area contributed by atoms with Crippen LogP contribution in [0, 0.1) is 0 Å². The zero-order valence-corrected chi connectivity index (χ0v) is 12.8. The summed E-state index contributed by atoms with van der Waals surface area (Å²) in [6, 6.07) is 27.4. The number of aromatic nitrogens is 1. The van der Waals surface area contributed by atoms with Gasteiger partial charge in [0.15, 0.2) is 8.07 Å². The van der Waals surface area contributed by atoms with Crippen molar-refractivity contribution in [2.75, 3.05) is 0 Å². The van der Waals surface area contributed by atoms with Crippen molar-refractivity contribution in [3.8, 4) is 0 Å². The minimum atomic E-state index is -2.25. The molecule has 3 aromatic rings. The molecule has 1 heterocycles. The van der Waals surface area contributed by atoms with E-state index in [1.165, 1.54) is 10.4 Å². The Labute approximate surface area is 126 Å². The molecule has 1 nitrogen and oxygen atoms in total. The van der Waals surface area contributed by atoms with Gasteiger partial charge in [0, 0.05) is 11.5 Å². The Morgan fingerprint density at radius 3 is 1.67 bits per heavy atom. The third kappa shape index (κ3) is 2.34. The highest BCUT2D eigenvalue weighted by molar-refractivity contribution is 7.14. The lowest BCUT2D eigenvalue weighted by Gasteiger charge is -2.28. The predicted molar refractivity (Wildman–Crippen MR) is 92.0 cm³/mol. The van der Waals surface area contributed by atoms with Crippen LogP contribution >= 0.6 is 0 Å². The van der Waals surface area contributed by atoms with Crippen molar-refractivity contribution in [1.82, 2.24) is 4.98 Å². The van der Waals surface area contributed by atoms with Crippen LogP contribution in [0.2, 0.25) is 0 Å². The van der Waals surface area contributed by atoms with Gasteiger partial charge in [-0.1, -0.05) is 72.4 Å². The van der Waals surface area contributed by atoms with Gasteiger partial charge in [-0.3, -0.25) is 4.98 Å². The zero-order valence-electron chi connectivity index (χ0n) is 11.8. The average molecular weight is 287 g/mol. The Morgan fingerprint density at radius 1 is 0.714 bits per heavy atom. The molecule has 0 amide bonds. The normalized spacial score (nSPS) is 11.0. The van der Waals surface area contributed by atoms with E-state index in [1.54, 1.807) is 0 Å². The molecule has 2 aromatic carbocycles. The van der Waals surface area contributed by atoms with Crippen molar-refractivity contribution in [1.29, 1.82) is 0 Å². The molecule has 0 aliphatic carbocycles. The van der Waals surface area contributed by atoms with Gasteiger partial charge < -0.3 is 0 Å². The molecule has 1 aromatic heterocycles. The van der Waals surface area contributed by atoms with Gasteiger partial charge in [-0.05, 0) is 22.5 Å². The molecule has 3 rings (SSSR count). The van der Waals surface area contributed by atoms with Gasteiger partial charge in [0.25, 0.3) is 0 Å². The van der Waals surface area contributed by atoms with Crippen LogP contribution < -0.4 is 15.7 Å². The van der Waals surface area contributed by atoms with Crippen LogP contribution in [0.4, 0.5) is 0 Å². The topological polar surface area (TPSA) is 12.9 Å². The van der Waals surface area contributed by atoms with Gasteiger partial charge in [0.1, 0.15) is 0 Å². The summed E-state index contributed by atoms with van der Waals surface area (Å²) in [6.07, 6.45) is 1.87. The van der Waals surface area contributed by atoms with Gasteiger partial charge in [-0.2, -0.15) is 0 Å². The lowest BCUT2D eigenvalue weighted by molar-refractivity contribution is 1.37. The number of pyridine rings is 1. The number of rotatable bonds is 4. The van der Waals surface area contributed by atoms with Gasteiger partial charge in [-0.15, -0.1) is 6.58 Å². The molecule has 2 heteroatoms. The quantitative estimate of drug-likeness (QED) is 0.671. The minimum Gasteiger partial charge on any atom is -0.265 e. The van der Waals surface area contributed by atoms with Crippen LogP contribution in [0.3, 0.4) is 0 Å². The Kier molecular flexibility index (Phi) is 3.80. The van der Waals surface area contributed by atoms with E-state index in [1.807, 2.05) is 12.3 Å². The van der Waals surface area contributed by atoms with Crippen molar-refractivity contribution >= 4 is 23.8 Å². The SMILES string of the molecule is C=C[Si](c1ccccc1)(c1ccccc1)c1ccccn1. The maximum Gasteiger partial charge on any atom is 0.194 e. The molecule has 0 atom stereocenters. The molecular formula is C19H17NSi. The summed E-state index contributed by atoms with van der Waals surface area (Å²) in [6.45, 7) is 4.18.